The minimum atomic E-state index is -0.110. The summed E-state index contributed by atoms with van der Waals surface area (Å²) in [5.41, 5.74) is 2.62. The molecule has 0 spiro atoms. The van der Waals surface area contributed by atoms with Crippen molar-refractivity contribution in [3.05, 3.63) is 65.0 Å². The van der Waals surface area contributed by atoms with Gasteiger partial charge in [0.2, 0.25) is 0 Å². The highest BCUT2D eigenvalue weighted by molar-refractivity contribution is 5.87. The maximum absolute atomic E-state index is 12.2. The van der Waals surface area contributed by atoms with Crippen molar-refractivity contribution in [1.82, 2.24) is 14.5 Å². The quantitative estimate of drug-likeness (QED) is 0.580. The lowest BCUT2D eigenvalue weighted by Crippen LogP contribution is -2.10. The van der Waals surface area contributed by atoms with E-state index in [1.54, 1.807) is 6.07 Å². The summed E-state index contributed by atoms with van der Waals surface area (Å²) in [4.78, 5) is 19.7. The summed E-state index contributed by atoms with van der Waals surface area (Å²) in [6, 6.07) is 17.5. The molecule has 4 rings (SSSR count). The van der Waals surface area contributed by atoms with Gasteiger partial charge in [0, 0.05) is 18.0 Å². The van der Waals surface area contributed by atoms with Crippen LogP contribution in [0.4, 0.5) is 0 Å². The lowest BCUT2D eigenvalue weighted by Gasteiger charge is -2.05. The minimum absolute atomic E-state index is 0.110. The van der Waals surface area contributed by atoms with Crippen LogP contribution in [0.1, 0.15) is 0 Å². The van der Waals surface area contributed by atoms with Crippen LogP contribution in [0, 0.1) is 0 Å². The van der Waals surface area contributed by atoms with Gasteiger partial charge in [0.05, 0.1) is 16.6 Å². The van der Waals surface area contributed by atoms with Crippen LogP contribution in [0.15, 0.2) is 59.4 Å². The number of rotatable bonds is 1. The van der Waals surface area contributed by atoms with Crippen LogP contribution in [0.5, 0.6) is 0 Å². The molecule has 0 saturated carbocycles. The summed E-state index contributed by atoms with van der Waals surface area (Å²) in [6.07, 6.45) is 0. The van der Waals surface area contributed by atoms with Gasteiger partial charge in [-0.05, 0) is 24.3 Å². The zero-order valence-corrected chi connectivity index (χ0v) is 11.5. The number of nitrogens with one attached hydrogen (secondary N) is 1. The van der Waals surface area contributed by atoms with Gasteiger partial charge in [-0.3, -0.25) is 4.79 Å². The van der Waals surface area contributed by atoms with E-state index >= 15 is 0 Å². The largest absolute Gasteiger partial charge is 0.341 e. The highest BCUT2D eigenvalue weighted by Gasteiger charge is 2.11. The first-order valence-electron chi connectivity index (χ1n) is 6.78. The van der Waals surface area contributed by atoms with Crippen molar-refractivity contribution < 1.29 is 0 Å². The van der Waals surface area contributed by atoms with E-state index < -0.39 is 0 Å². The van der Waals surface area contributed by atoms with Gasteiger partial charge in [-0.25, -0.2) is 4.98 Å². The zero-order chi connectivity index (χ0) is 14.4. The molecular weight excluding hydrogens is 262 g/mol. The first kappa shape index (κ1) is 11.9. The van der Waals surface area contributed by atoms with E-state index in [9.17, 15) is 4.79 Å². The number of hydrogen-bond acceptors (Lipinski definition) is 2. The monoisotopic (exact) mass is 275 g/mol. The van der Waals surface area contributed by atoms with E-state index in [-0.39, 0.29) is 5.56 Å². The minimum Gasteiger partial charge on any atom is -0.341 e. The molecule has 0 fully saturated rings. The normalized spacial score (nSPS) is 11.3. The third kappa shape index (κ3) is 1.76. The average Bonchev–Trinajstić information content (AvgIpc) is 2.85. The molecule has 1 N–H and O–H groups in total. The summed E-state index contributed by atoms with van der Waals surface area (Å²) in [6.45, 7) is 0. The van der Waals surface area contributed by atoms with Crippen LogP contribution in [0.2, 0.25) is 0 Å². The molecule has 4 nitrogen and oxygen atoms in total. The molecule has 2 heterocycles. The van der Waals surface area contributed by atoms with Gasteiger partial charge in [-0.1, -0.05) is 30.3 Å². The molecule has 0 saturated heterocycles. The molecule has 0 bridgehead atoms. The Morgan fingerprint density at radius 3 is 2.67 bits per heavy atom. The fourth-order valence-electron chi connectivity index (χ4n) is 2.72. The molecule has 4 aromatic rings. The number of aryl methyl sites for hydroxylation is 1. The number of nitrogens with zero attached hydrogens (tertiary/aromatic N) is 2. The van der Waals surface area contributed by atoms with Crippen LogP contribution < -0.4 is 5.56 Å². The molecule has 0 atom stereocenters. The number of benzene rings is 2. The van der Waals surface area contributed by atoms with Gasteiger partial charge in [-0.15, -0.1) is 0 Å². The summed E-state index contributed by atoms with van der Waals surface area (Å²) in [7, 11) is 1.98. The molecule has 2 aromatic carbocycles. The van der Waals surface area contributed by atoms with Gasteiger partial charge in [0.1, 0.15) is 0 Å². The first-order chi connectivity index (χ1) is 10.2. The SMILES string of the molecule is Cn1c(-c2nc3ccccc3c(=O)[nH]2)cc2ccccc21. The van der Waals surface area contributed by atoms with E-state index in [1.807, 2.05) is 48.0 Å². The summed E-state index contributed by atoms with van der Waals surface area (Å²) in [5, 5.41) is 1.74. The third-order valence-electron chi connectivity index (χ3n) is 3.81. The standard InChI is InChI=1S/C17H13N3O/c1-20-14-9-5-2-6-11(14)10-15(20)16-18-13-8-4-3-7-12(13)17(21)19-16/h2-10H,1H3,(H,18,19,21). The second-order valence-electron chi connectivity index (χ2n) is 5.08. The van der Waals surface area contributed by atoms with Crippen molar-refractivity contribution in [2.75, 3.05) is 0 Å². The topological polar surface area (TPSA) is 50.7 Å². The van der Waals surface area contributed by atoms with Crippen LogP contribution in [0.25, 0.3) is 33.3 Å². The van der Waals surface area contributed by atoms with E-state index in [0.717, 1.165) is 16.6 Å². The third-order valence-corrected chi connectivity index (χ3v) is 3.81. The molecule has 0 aliphatic heterocycles. The van der Waals surface area contributed by atoms with Gasteiger partial charge >= 0.3 is 0 Å². The van der Waals surface area contributed by atoms with Gasteiger partial charge in [0.15, 0.2) is 5.82 Å². The van der Waals surface area contributed by atoms with Crippen LogP contribution in [-0.2, 0) is 7.05 Å². The second kappa shape index (κ2) is 4.31. The number of aromatic nitrogens is 3. The van der Waals surface area contributed by atoms with Crippen LogP contribution in [0.3, 0.4) is 0 Å². The molecule has 2 aromatic heterocycles. The number of fused-ring (bicyclic) bond motifs is 2. The van der Waals surface area contributed by atoms with Crippen molar-refractivity contribution >= 4 is 21.8 Å². The van der Waals surface area contributed by atoms with E-state index in [2.05, 4.69) is 22.1 Å². The lowest BCUT2D eigenvalue weighted by atomic mass is 10.2. The Labute approximate surface area is 120 Å². The second-order valence-corrected chi connectivity index (χ2v) is 5.08. The number of para-hydroxylation sites is 2. The number of H-pyrrole nitrogens is 1. The molecule has 0 unspecified atom stereocenters. The molecule has 0 radical (unpaired) electrons. The smallest absolute Gasteiger partial charge is 0.259 e. The summed E-state index contributed by atoms with van der Waals surface area (Å²) >= 11 is 0. The Hall–Kier alpha value is -2.88. The van der Waals surface area contributed by atoms with Crippen LogP contribution in [-0.4, -0.2) is 14.5 Å². The number of aromatic amines is 1. The van der Waals surface area contributed by atoms with E-state index in [4.69, 9.17) is 0 Å². The highest BCUT2D eigenvalue weighted by atomic mass is 16.1. The highest BCUT2D eigenvalue weighted by Crippen LogP contribution is 2.24. The fourth-order valence-corrected chi connectivity index (χ4v) is 2.72. The molecule has 0 aliphatic carbocycles. The molecule has 0 amide bonds. The lowest BCUT2D eigenvalue weighted by molar-refractivity contribution is 0.958. The van der Waals surface area contributed by atoms with Gasteiger partial charge in [0.25, 0.3) is 5.56 Å². The van der Waals surface area contributed by atoms with Gasteiger partial charge < -0.3 is 9.55 Å². The predicted molar refractivity (Wildman–Crippen MR) is 84.3 cm³/mol. The summed E-state index contributed by atoms with van der Waals surface area (Å²) < 4.78 is 2.04. The average molecular weight is 275 g/mol. The van der Waals surface area contributed by atoms with E-state index in [1.165, 1.54) is 0 Å². The summed E-state index contributed by atoms with van der Waals surface area (Å²) in [5.74, 6) is 0.595. The molecule has 4 heteroatoms. The first-order valence-corrected chi connectivity index (χ1v) is 6.78. The van der Waals surface area contributed by atoms with Crippen molar-refractivity contribution in [1.29, 1.82) is 0 Å². The van der Waals surface area contributed by atoms with Gasteiger partial charge in [-0.2, -0.15) is 0 Å². The zero-order valence-electron chi connectivity index (χ0n) is 11.5. The van der Waals surface area contributed by atoms with Crippen molar-refractivity contribution in [2.45, 2.75) is 0 Å². The Morgan fingerprint density at radius 2 is 1.81 bits per heavy atom. The van der Waals surface area contributed by atoms with Crippen molar-refractivity contribution in [3.8, 4) is 11.5 Å². The predicted octanol–water partition coefficient (Wildman–Crippen LogP) is 3.08. The number of hydrogen-bond donors (Lipinski definition) is 1. The Kier molecular flexibility index (Phi) is 2.44. The molecule has 21 heavy (non-hydrogen) atoms. The maximum Gasteiger partial charge on any atom is 0.259 e. The van der Waals surface area contributed by atoms with E-state index in [0.29, 0.717) is 16.7 Å². The van der Waals surface area contributed by atoms with Crippen LogP contribution >= 0.6 is 0 Å². The van der Waals surface area contributed by atoms with Crippen molar-refractivity contribution in [3.63, 3.8) is 0 Å². The molecular formula is C17H13N3O. The Bertz CT molecular complexity index is 1030. The fraction of sp³-hybridized carbons (Fsp3) is 0.0588. The maximum atomic E-state index is 12.2. The Balaban J connectivity index is 2.04. The molecule has 0 aliphatic rings. The molecule has 102 valence electrons. The van der Waals surface area contributed by atoms with Crippen molar-refractivity contribution in [2.24, 2.45) is 7.05 Å². The Morgan fingerprint density at radius 1 is 1.05 bits per heavy atom.